The zero-order valence-corrected chi connectivity index (χ0v) is 11.9. The molecule has 104 valence electrons. The highest BCUT2D eigenvalue weighted by Gasteiger charge is 2.29. The average Bonchev–Trinajstić information content (AvgIpc) is 2.98. The van der Waals surface area contributed by atoms with Crippen molar-refractivity contribution in [1.82, 2.24) is 9.88 Å². The molecule has 19 heavy (non-hydrogen) atoms. The molecule has 2 fully saturated rings. The molecule has 0 radical (unpaired) electrons. The minimum absolute atomic E-state index is 0.530. The molecule has 0 spiro atoms. The third kappa shape index (κ3) is 2.86. The lowest BCUT2D eigenvalue weighted by molar-refractivity contribution is 0.0209. The Morgan fingerprint density at radius 1 is 1.32 bits per heavy atom. The summed E-state index contributed by atoms with van der Waals surface area (Å²) in [4.78, 5) is 9.16. The van der Waals surface area contributed by atoms with Crippen molar-refractivity contribution in [2.45, 2.75) is 18.3 Å². The molecule has 2 saturated heterocycles. The smallest absolute Gasteiger partial charge is 0.0594 e. The van der Waals surface area contributed by atoms with Gasteiger partial charge >= 0.3 is 0 Å². The molecule has 3 heterocycles. The highest BCUT2D eigenvalue weighted by Crippen LogP contribution is 2.27. The van der Waals surface area contributed by atoms with Crippen LogP contribution in [-0.4, -0.2) is 55.3 Å². The third-order valence-corrected chi connectivity index (χ3v) is 4.38. The minimum atomic E-state index is 0.530. The lowest BCUT2D eigenvalue weighted by Gasteiger charge is -2.32. The third-order valence-electron chi connectivity index (χ3n) is 4.09. The van der Waals surface area contributed by atoms with Gasteiger partial charge in [0.25, 0.3) is 0 Å². The average molecular weight is 282 g/mol. The molecule has 4 nitrogen and oxygen atoms in total. The molecule has 1 unspecified atom stereocenters. The van der Waals surface area contributed by atoms with E-state index in [9.17, 15) is 0 Å². The number of alkyl halides is 1. The Morgan fingerprint density at radius 3 is 2.95 bits per heavy atom. The summed E-state index contributed by atoms with van der Waals surface area (Å²) >= 11 is 6.00. The first-order valence-electron chi connectivity index (χ1n) is 6.94. The van der Waals surface area contributed by atoms with Crippen LogP contribution in [0.25, 0.3) is 0 Å². The van der Waals surface area contributed by atoms with E-state index < -0.39 is 0 Å². The van der Waals surface area contributed by atoms with Crippen molar-refractivity contribution < 1.29 is 4.74 Å². The van der Waals surface area contributed by atoms with E-state index in [1.807, 2.05) is 12.4 Å². The number of ether oxygens (including phenoxy) is 1. The van der Waals surface area contributed by atoms with Crippen LogP contribution in [0.4, 0.5) is 5.69 Å². The second-order valence-corrected chi connectivity index (χ2v) is 5.44. The molecule has 1 atom stereocenters. The number of pyridine rings is 1. The molecular weight excluding hydrogens is 262 g/mol. The summed E-state index contributed by atoms with van der Waals surface area (Å²) in [7, 11) is 0. The number of morpholine rings is 1. The summed E-state index contributed by atoms with van der Waals surface area (Å²) in [5, 5.41) is 0. The van der Waals surface area contributed by atoms with Crippen LogP contribution in [0, 0.1) is 0 Å². The van der Waals surface area contributed by atoms with Gasteiger partial charge in [0.15, 0.2) is 0 Å². The van der Waals surface area contributed by atoms with Crippen LogP contribution in [-0.2, 0) is 10.6 Å². The Kier molecular flexibility index (Phi) is 4.21. The largest absolute Gasteiger partial charge is 0.379 e. The van der Waals surface area contributed by atoms with Crippen LogP contribution in [0.1, 0.15) is 12.0 Å². The molecule has 0 amide bonds. The summed E-state index contributed by atoms with van der Waals surface area (Å²) in [6, 6.07) is 2.74. The Labute approximate surface area is 119 Å². The molecule has 0 bridgehead atoms. The van der Waals surface area contributed by atoms with Crippen molar-refractivity contribution in [3.8, 4) is 0 Å². The Hall–Kier alpha value is -0.840. The fraction of sp³-hybridized carbons (Fsp3) is 0.643. The number of nitrogens with zero attached hydrogens (tertiary/aromatic N) is 3. The number of halogens is 1. The van der Waals surface area contributed by atoms with Gasteiger partial charge in [0.05, 0.1) is 19.1 Å². The lowest BCUT2D eigenvalue weighted by atomic mass is 10.2. The van der Waals surface area contributed by atoms with E-state index in [2.05, 4.69) is 20.9 Å². The van der Waals surface area contributed by atoms with Crippen molar-refractivity contribution in [2.75, 3.05) is 44.3 Å². The second kappa shape index (κ2) is 6.07. The van der Waals surface area contributed by atoms with Gasteiger partial charge in [-0.3, -0.25) is 9.88 Å². The number of anilines is 1. The summed E-state index contributed by atoms with van der Waals surface area (Å²) in [5.74, 6) is 0.530. The van der Waals surface area contributed by atoms with Gasteiger partial charge in [0, 0.05) is 55.9 Å². The van der Waals surface area contributed by atoms with E-state index in [0.717, 1.165) is 45.0 Å². The molecule has 1 aromatic rings. The predicted octanol–water partition coefficient (Wildman–Crippen LogP) is 1.73. The fourth-order valence-corrected chi connectivity index (χ4v) is 3.24. The van der Waals surface area contributed by atoms with Crippen molar-refractivity contribution in [1.29, 1.82) is 0 Å². The molecule has 3 rings (SSSR count). The van der Waals surface area contributed by atoms with Crippen molar-refractivity contribution in [3.63, 3.8) is 0 Å². The maximum absolute atomic E-state index is 6.00. The zero-order valence-electron chi connectivity index (χ0n) is 11.1. The first kappa shape index (κ1) is 13.2. The van der Waals surface area contributed by atoms with Gasteiger partial charge in [0.2, 0.25) is 0 Å². The minimum Gasteiger partial charge on any atom is -0.379 e. The van der Waals surface area contributed by atoms with E-state index in [4.69, 9.17) is 16.3 Å². The fourth-order valence-electron chi connectivity index (χ4n) is 3.03. The Morgan fingerprint density at radius 2 is 2.16 bits per heavy atom. The topological polar surface area (TPSA) is 28.6 Å². The van der Waals surface area contributed by atoms with Gasteiger partial charge < -0.3 is 9.64 Å². The highest BCUT2D eigenvalue weighted by molar-refractivity contribution is 6.17. The van der Waals surface area contributed by atoms with E-state index in [0.29, 0.717) is 11.9 Å². The van der Waals surface area contributed by atoms with Crippen molar-refractivity contribution in [2.24, 2.45) is 0 Å². The van der Waals surface area contributed by atoms with E-state index in [1.54, 1.807) is 0 Å². The molecule has 5 heteroatoms. The Bertz CT molecular complexity index is 423. The molecular formula is C14H20ClN3O. The van der Waals surface area contributed by atoms with Crippen LogP contribution < -0.4 is 4.90 Å². The molecule has 0 saturated carbocycles. The normalized spacial score (nSPS) is 24.9. The molecule has 2 aliphatic rings. The number of rotatable bonds is 3. The highest BCUT2D eigenvalue weighted by atomic mass is 35.5. The van der Waals surface area contributed by atoms with Crippen LogP contribution in [0.2, 0.25) is 0 Å². The SMILES string of the molecule is ClCc1cnccc1N1CCC(N2CCOCC2)C1. The number of hydrogen-bond acceptors (Lipinski definition) is 4. The monoisotopic (exact) mass is 281 g/mol. The molecule has 0 aliphatic carbocycles. The summed E-state index contributed by atoms with van der Waals surface area (Å²) in [5.41, 5.74) is 2.38. The maximum Gasteiger partial charge on any atom is 0.0594 e. The summed E-state index contributed by atoms with van der Waals surface area (Å²) in [6.45, 7) is 6.08. The summed E-state index contributed by atoms with van der Waals surface area (Å²) < 4.78 is 5.43. The van der Waals surface area contributed by atoms with Crippen molar-refractivity contribution in [3.05, 3.63) is 24.0 Å². The van der Waals surface area contributed by atoms with Crippen LogP contribution >= 0.6 is 11.6 Å². The van der Waals surface area contributed by atoms with E-state index in [-0.39, 0.29) is 0 Å². The second-order valence-electron chi connectivity index (χ2n) is 5.17. The predicted molar refractivity (Wildman–Crippen MR) is 76.8 cm³/mol. The maximum atomic E-state index is 6.00. The van der Waals surface area contributed by atoms with Gasteiger partial charge in [-0.2, -0.15) is 0 Å². The standard InChI is InChI=1S/C14H20ClN3O/c15-9-12-10-16-3-1-14(12)18-4-2-13(11-18)17-5-7-19-8-6-17/h1,3,10,13H,2,4-9,11H2. The lowest BCUT2D eigenvalue weighted by Crippen LogP contribution is -2.44. The van der Waals surface area contributed by atoms with Gasteiger partial charge in [-0.1, -0.05) is 0 Å². The van der Waals surface area contributed by atoms with Gasteiger partial charge in [0.1, 0.15) is 0 Å². The molecule has 2 aliphatic heterocycles. The molecule has 1 aromatic heterocycles. The first-order chi connectivity index (χ1) is 9.38. The first-order valence-corrected chi connectivity index (χ1v) is 7.47. The summed E-state index contributed by atoms with van der Waals surface area (Å²) in [6.07, 6.45) is 4.96. The Balaban J connectivity index is 1.67. The quantitative estimate of drug-likeness (QED) is 0.789. The van der Waals surface area contributed by atoms with Crippen LogP contribution in [0.3, 0.4) is 0 Å². The number of aromatic nitrogens is 1. The van der Waals surface area contributed by atoms with Crippen LogP contribution in [0.15, 0.2) is 18.5 Å². The zero-order chi connectivity index (χ0) is 13.1. The molecule has 0 N–H and O–H groups in total. The van der Waals surface area contributed by atoms with Gasteiger partial charge in [-0.05, 0) is 12.5 Å². The van der Waals surface area contributed by atoms with Crippen LogP contribution in [0.5, 0.6) is 0 Å². The van der Waals surface area contributed by atoms with E-state index in [1.165, 1.54) is 12.1 Å². The van der Waals surface area contributed by atoms with Gasteiger partial charge in [-0.15, -0.1) is 11.6 Å². The number of hydrogen-bond donors (Lipinski definition) is 0. The van der Waals surface area contributed by atoms with Gasteiger partial charge in [-0.25, -0.2) is 0 Å². The molecule has 0 aromatic carbocycles. The van der Waals surface area contributed by atoms with Crippen molar-refractivity contribution >= 4 is 17.3 Å². The van der Waals surface area contributed by atoms with E-state index >= 15 is 0 Å².